The minimum Gasteiger partial charge on any atom is -0.373 e. The molecule has 2 aromatic rings. The van der Waals surface area contributed by atoms with Crippen molar-refractivity contribution in [1.82, 2.24) is 15.2 Å². The third-order valence-electron chi connectivity index (χ3n) is 4.06. The lowest BCUT2D eigenvalue weighted by molar-refractivity contribution is 0.0951. The van der Waals surface area contributed by atoms with Crippen LogP contribution in [0.15, 0.2) is 42.5 Å². The Labute approximate surface area is 150 Å². The van der Waals surface area contributed by atoms with Crippen LogP contribution in [0.4, 0.5) is 5.82 Å². The number of nitrogens with one attached hydrogen (secondary N) is 2. The zero-order chi connectivity index (χ0) is 18.1. The first-order valence-electron chi connectivity index (χ1n) is 8.81. The van der Waals surface area contributed by atoms with Gasteiger partial charge < -0.3 is 15.5 Å². The summed E-state index contributed by atoms with van der Waals surface area (Å²) in [5.41, 5.74) is 2.88. The van der Waals surface area contributed by atoms with Crippen LogP contribution in [-0.4, -0.2) is 43.0 Å². The van der Waals surface area contributed by atoms with E-state index in [1.165, 1.54) is 5.56 Å². The van der Waals surface area contributed by atoms with Gasteiger partial charge in [0.15, 0.2) is 0 Å². The van der Waals surface area contributed by atoms with Crippen molar-refractivity contribution in [3.8, 4) is 0 Å². The van der Waals surface area contributed by atoms with Crippen LogP contribution >= 0.6 is 0 Å². The van der Waals surface area contributed by atoms with Crippen LogP contribution < -0.4 is 10.6 Å². The number of hydrogen-bond donors (Lipinski definition) is 2. The van der Waals surface area contributed by atoms with Crippen molar-refractivity contribution < 1.29 is 4.79 Å². The minimum atomic E-state index is -0.0423. The van der Waals surface area contributed by atoms with E-state index >= 15 is 0 Å². The van der Waals surface area contributed by atoms with Crippen molar-refractivity contribution >= 4 is 11.7 Å². The van der Waals surface area contributed by atoms with Gasteiger partial charge in [-0.3, -0.25) is 4.79 Å². The highest BCUT2D eigenvalue weighted by Crippen LogP contribution is 2.11. The van der Waals surface area contributed by atoms with E-state index in [0.29, 0.717) is 12.1 Å². The number of aryl methyl sites for hydroxylation is 1. The minimum absolute atomic E-state index is 0.0423. The van der Waals surface area contributed by atoms with Crippen LogP contribution in [0.25, 0.3) is 0 Å². The Kier molecular flexibility index (Phi) is 7.41. The molecular formula is C20H28N4O. The smallest absolute Gasteiger partial charge is 0.251 e. The molecule has 0 saturated heterocycles. The van der Waals surface area contributed by atoms with Crippen molar-refractivity contribution in [2.75, 3.05) is 32.5 Å². The Morgan fingerprint density at radius 3 is 2.64 bits per heavy atom. The first-order chi connectivity index (χ1) is 12.1. The predicted molar refractivity (Wildman–Crippen MR) is 103 cm³/mol. The summed E-state index contributed by atoms with van der Waals surface area (Å²) in [5.74, 6) is 0.686. The first kappa shape index (κ1) is 18.9. The summed E-state index contributed by atoms with van der Waals surface area (Å²) in [6.45, 7) is 4.56. The SMILES string of the molecule is CCc1cc(C(=O)NCCCN(C)Cc2ccccc2)cc(NC)n1. The zero-order valence-corrected chi connectivity index (χ0v) is 15.4. The van der Waals surface area contributed by atoms with E-state index in [0.717, 1.165) is 37.4 Å². The first-order valence-corrected chi connectivity index (χ1v) is 8.81. The molecule has 0 aliphatic carbocycles. The van der Waals surface area contributed by atoms with E-state index in [4.69, 9.17) is 0 Å². The summed E-state index contributed by atoms with van der Waals surface area (Å²) in [5, 5.41) is 6.00. The summed E-state index contributed by atoms with van der Waals surface area (Å²) in [6, 6.07) is 14.1. The number of nitrogens with zero attached hydrogens (tertiary/aromatic N) is 2. The number of aromatic nitrogens is 1. The highest BCUT2D eigenvalue weighted by Gasteiger charge is 2.09. The average Bonchev–Trinajstić information content (AvgIpc) is 2.65. The van der Waals surface area contributed by atoms with E-state index in [1.807, 2.05) is 26.1 Å². The molecule has 25 heavy (non-hydrogen) atoms. The summed E-state index contributed by atoms with van der Waals surface area (Å²) in [6.07, 6.45) is 1.72. The maximum absolute atomic E-state index is 12.3. The van der Waals surface area contributed by atoms with Crippen LogP contribution in [0, 0.1) is 0 Å². The van der Waals surface area contributed by atoms with Crippen LogP contribution in [0.2, 0.25) is 0 Å². The molecule has 0 saturated carbocycles. The standard InChI is InChI=1S/C20H28N4O/c1-4-18-13-17(14-19(21-2)23-18)20(25)22-11-8-12-24(3)15-16-9-6-5-7-10-16/h5-7,9-10,13-14H,4,8,11-12,15H2,1-3H3,(H,21,23)(H,22,25). The third-order valence-corrected chi connectivity index (χ3v) is 4.06. The Morgan fingerprint density at radius 2 is 1.96 bits per heavy atom. The number of hydrogen-bond acceptors (Lipinski definition) is 4. The number of benzene rings is 1. The Morgan fingerprint density at radius 1 is 1.20 bits per heavy atom. The number of amides is 1. The van der Waals surface area contributed by atoms with Gasteiger partial charge in [-0.05, 0) is 44.1 Å². The van der Waals surface area contributed by atoms with Crippen LogP contribution in [0.3, 0.4) is 0 Å². The van der Waals surface area contributed by atoms with Crippen LogP contribution in [-0.2, 0) is 13.0 Å². The lowest BCUT2D eigenvalue weighted by Gasteiger charge is -2.16. The van der Waals surface area contributed by atoms with E-state index < -0.39 is 0 Å². The van der Waals surface area contributed by atoms with Crippen molar-refractivity contribution in [2.45, 2.75) is 26.3 Å². The molecule has 0 aliphatic heterocycles. The largest absolute Gasteiger partial charge is 0.373 e. The van der Waals surface area contributed by atoms with Gasteiger partial charge in [-0.1, -0.05) is 37.3 Å². The number of anilines is 1. The summed E-state index contributed by atoms with van der Waals surface area (Å²) in [7, 11) is 3.91. The average molecular weight is 340 g/mol. The number of carbonyl (C=O) groups is 1. The van der Waals surface area contributed by atoms with Gasteiger partial charge in [0, 0.05) is 31.4 Å². The van der Waals surface area contributed by atoms with Crippen molar-refractivity contribution in [3.05, 3.63) is 59.3 Å². The molecule has 5 nitrogen and oxygen atoms in total. The van der Waals surface area contributed by atoms with Crippen LogP contribution in [0.5, 0.6) is 0 Å². The number of rotatable bonds is 9. The quantitative estimate of drug-likeness (QED) is 0.689. The zero-order valence-electron chi connectivity index (χ0n) is 15.4. The van der Waals surface area contributed by atoms with Crippen molar-refractivity contribution in [3.63, 3.8) is 0 Å². The van der Waals surface area contributed by atoms with Crippen molar-refractivity contribution in [1.29, 1.82) is 0 Å². The lowest BCUT2D eigenvalue weighted by atomic mass is 10.1. The second kappa shape index (κ2) is 9.79. The van der Waals surface area contributed by atoms with Gasteiger partial charge in [-0.2, -0.15) is 0 Å². The number of pyridine rings is 1. The van der Waals surface area contributed by atoms with Gasteiger partial charge in [-0.15, -0.1) is 0 Å². The molecule has 2 rings (SSSR count). The fourth-order valence-electron chi connectivity index (χ4n) is 2.66. The molecule has 1 aromatic heterocycles. The topological polar surface area (TPSA) is 57.3 Å². The maximum atomic E-state index is 12.3. The Bertz CT molecular complexity index is 650. The van der Waals surface area contributed by atoms with Gasteiger partial charge in [0.2, 0.25) is 0 Å². The molecule has 5 heteroatoms. The van der Waals surface area contributed by atoms with E-state index in [1.54, 1.807) is 6.07 Å². The van der Waals surface area contributed by atoms with Gasteiger partial charge in [-0.25, -0.2) is 4.98 Å². The molecule has 2 N–H and O–H groups in total. The predicted octanol–water partition coefficient (Wildman–Crippen LogP) is 2.94. The van der Waals surface area contributed by atoms with Crippen molar-refractivity contribution in [2.24, 2.45) is 0 Å². The fourth-order valence-corrected chi connectivity index (χ4v) is 2.66. The second-order valence-electron chi connectivity index (χ2n) is 6.17. The molecule has 0 bridgehead atoms. The second-order valence-corrected chi connectivity index (χ2v) is 6.17. The van der Waals surface area contributed by atoms with E-state index in [9.17, 15) is 4.79 Å². The molecule has 1 aromatic carbocycles. The maximum Gasteiger partial charge on any atom is 0.251 e. The van der Waals surface area contributed by atoms with Gasteiger partial charge in [0.05, 0.1) is 0 Å². The molecule has 0 radical (unpaired) electrons. The summed E-state index contributed by atoms with van der Waals surface area (Å²) >= 11 is 0. The monoisotopic (exact) mass is 340 g/mol. The molecular weight excluding hydrogens is 312 g/mol. The highest BCUT2D eigenvalue weighted by atomic mass is 16.1. The number of carbonyl (C=O) groups excluding carboxylic acids is 1. The normalized spacial score (nSPS) is 10.7. The van der Waals surface area contributed by atoms with Gasteiger partial charge in [0.1, 0.15) is 5.82 Å². The molecule has 0 atom stereocenters. The summed E-state index contributed by atoms with van der Waals surface area (Å²) in [4.78, 5) is 19.0. The molecule has 0 spiro atoms. The van der Waals surface area contributed by atoms with Gasteiger partial charge >= 0.3 is 0 Å². The fraction of sp³-hybridized carbons (Fsp3) is 0.400. The third kappa shape index (κ3) is 6.19. The molecule has 134 valence electrons. The Hall–Kier alpha value is -2.40. The van der Waals surface area contributed by atoms with Gasteiger partial charge in [0.25, 0.3) is 5.91 Å². The Balaban J connectivity index is 1.77. The van der Waals surface area contributed by atoms with E-state index in [2.05, 4.69) is 51.8 Å². The molecule has 0 aliphatic rings. The lowest BCUT2D eigenvalue weighted by Crippen LogP contribution is -2.28. The molecule has 0 fully saturated rings. The molecule has 1 heterocycles. The van der Waals surface area contributed by atoms with E-state index in [-0.39, 0.29) is 5.91 Å². The molecule has 1 amide bonds. The van der Waals surface area contributed by atoms with Crippen LogP contribution in [0.1, 0.15) is 35.0 Å². The molecule has 0 unspecified atom stereocenters. The highest BCUT2D eigenvalue weighted by molar-refractivity contribution is 5.95. The summed E-state index contributed by atoms with van der Waals surface area (Å²) < 4.78 is 0.